The Kier molecular flexibility index (Phi) is 6.53. The number of benzene rings is 1. The summed E-state index contributed by atoms with van der Waals surface area (Å²) in [5, 5.41) is 11.7. The quantitative estimate of drug-likeness (QED) is 0.704. The van der Waals surface area contributed by atoms with E-state index >= 15 is 0 Å². The summed E-state index contributed by atoms with van der Waals surface area (Å²) in [6.45, 7) is 4.20. The molecule has 4 nitrogen and oxygen atoms in total. The fourth-order valence-corrected chi connectivity index (χ4v) is 1.75. The van der Waals surface area contributed by atoms with Crippen molar-refractivity contribution in [2.24, 2.45) is 11.7 Å². The van der Waals surface area contributed by atoms with Gasteiger partial charge in [-0.05, 0) is 36.5 Å². The summed E-state index contributed by atoms with van der Waals surface area (Å²) in [5.74, 6) is 0.238. The molecule has 1 unspecified atom stereocenters. The molecular weight excluding hydrogens is 240 g/mol. The lowest BCUT2D eigenvalue weighted by atomic mass is 10.0. The summed E-state index contributed by atoms with van der Waals surface area (Å²) < 4.78 is 0. The molecule has 106 valence electrons. The van der Waals surface area contributed by atoms with Crippen LogP contribution in [-0.2, 0) is 11.2 Å². The zero-order valence-electron chi connectivity index (χ0n) is 11.7. The highest BCUT2D eigenvalue weighted by Gasteiger charge is 2.13. The number of carbonyl (C=O) groups is 1. The summed E-state index contributed by atoms with van der Waals surface area (Å²) in [4.78, 5) is 11.8. The number of hydrogen-bond acceptors (Lipinski definition) is 3. The maximum Gasteiger partial charge on any atom is 0.225 e. The molecule has 1 atom stereocenters. The molecule has 0 heterocycles. The number of aliphatic hydroxyl groups is 1. The van der Waals surface area contributed by atoms with Crippen molar-refractivity contribution in [2.75, 3.05) is 11.9 Å². The van der Waals surface area contributed by atoms with Crippen LogP contribution in [0.1, 0.15) is 32.3 Å². The van der Waals surface area contributed by atoms with Crippen LogP contribution in [0.25, 0.3) is 0 Å². The molecule has 1 aromatic carbocycles. The van der Waals surface area contributed by atoms with E-state index in [9.17, 15) is 4.79 Å². The minimum atomic E-state index is -0.113. The monoisotopic (exact) mass is 264 g/mol. The Bertz CT molecular complexity index is 405. The van der Waals surface area contributed by atoms with Gasteiger partial charge in [-0.2, -0.15) is 0 Å². The van der Waals surface area contributed by atoms with Gasteiger partial charge in [-0.3, -0.25) is 4.79 Å². The molecule has 0 aliphatic heterocycles. The third kappa shape index (κ3) is 5.85. The van der Waals surface area contributed by atoms with Crippen LogP contribution in [-0.4, -0.2) is 23.7 Å². The molecule has 0 spiro atoms. The van der Waals surface area contributed by atoms with E-state index in [2.05, 4.69) is 5.32 Å². The molecule has 0 aromatic heterocycles. The van der Waals surface area contributed by atoms with Crippen molar-refractivity contribution in [3.63, 3.8) is 0 Å². The second-order valence-corrected chi connectivity index (χ2v) is 5.19. The van der Waals surface area contributed by atoms with Gasteiger partial charge in [0, 0.05) is 24.8 Å². The summed E-state index contributed by atoms with van der Waals surface area (Å²) in [6, 6.07) is 7.59. The van der Waals surface area contributed by atoms with Gasteiger partial charge in [-0.15, -0.1) is 0 Å². The van der Waals surface area contributed by atoms with Crippen LogP contribution >= 0.6 is 0 Å². The highest BCUT2D eigenvalue weighted by atomic mass is 16.2. The summed E-state index contributed by atoms with van der Waals surface area (Å²) in [6.07, 6.45) is 1.87. The third-order valence-corrected chi connectivity index (χ3v) is 3.11. The number of anilines is 1. The van der Waals surface area contributed by atoms with Gasteiger partial charge in [0.2, 0.25) is 5.91 Å². The van der Waals surface area contributed by atoms with Crippen molar-refractivity contribution in [1.29, 1.82) is 0 Å². The summed E-state index contributed by atoms with van der Waals surface area (Å²) in [5.41, 5.74) is 7.78. The SMILES string of the molecule is CC(C)C(N)CC(=O)Nc1cccc(CCCO)c1. The van der Waals surface area contributed by atoms with Crippen molar-refractivity contribution >= 4 is 11.6 Å². The number of carbonyl (C=O) groups excluding carboxylic acids is 1. The van der Waals surface area contributed by atoms with E-state index in [0.717, 1.165) is 24.1 Å². The Balaban J connectivity index is 2.54. The molecule has 0 aliphatic rings. The first-order valence-electron chi connectivity index (χ1n) is 6.78. The lowest BCUT2D eigenvalue weighted by Crippen LogP contribution is -2.31. The predicted octanol–water partition coefficient (Wildman–Crippen LogP) is 1.92. The Morgan fingerprint density at radius 1 is 1.42 bits per heavy atom. The predicted molar refractivity (Wildman–Crippen MR) is 77.9 cm³/mol. The fourth-order valence-electron chi connectivity index (χ4n) is 1.75. The number of aliphatic hydroxyl groups excluding tert-OH is 1. The molecule has 1 aromatic rings. The van der Waals surface area contributed by atoms with E-state index in [4.69, 9.17) is 10.8 Å². The third-order valence-electron chi connectivity index (χ3n) is 3.11. The number of nitrogens with two attached hydrogens (primary N) is 1. The van der Waals surface area contributed by atoms with E-state index in [0.29, 0.717) is 12.3 Å². The summed E-state index contributed by atoms with van der Waals surface area (Å²) >= 11 is 0. The number of rotatable bonds is 7. The van der Waals surface area contributed by atoms with Gasteiger partial charge in [0.25, 0.3) is 0 Å². The zero-order valence-corrected chi connectivity index (χ0v) is 11.7. The Morgan fingerprint density at radius 3 is 2.79 bits per heavy atom. The minimum absolute atomic E-state index is 0.0551. The Morgan fingerprint density at radius 2 is 2.16 bits per heavy atom. The van der Waals surface area contributed by atoms with Crippen LogP contribution in [0, 0.1) is 5.92 Å². The van der Waals surface area contributed by atoms with E-state index < -0.39 is 0 Å². The molecule has 0 fully saturated rings. The van der Waals surface area contributed by atoms with Crippen molar-refractivity contribution < 1.29 is 9.90 Å². The molecule has 19 heavy (non-hydrogen) atoms. The summed E-state index contributed by atoms with van der Waals surface area (Å²) in [7, 11) is 0. The zero-order chi connectivity index (χ0) is 14.3. The maximum absolute atomic E-state index is 11.8. The second-order valence-electron chi connectivity index (χ2n) is 5.19. The number of nitrogens with one attached hydrogen (secondary N) is 1. The standard InChI is InChI=1S/C15H24N2O2/c1-11(2)14(16)10-15(19)17-13-7-3-5-12(9-13)6-4-8-18/h3,5,7,9,11,14,18H,4,6,8,10,16H2,1-2H3,(H,17,19). The minimum Gasteiger partial charge on any atom is -0.396 e. The number of hydrogen-bond donors (Lipinski definition) is 3. The van der Waals surface area contributed by atoms with Gasteiger partial charge < -0.3 is 16.2 Å². The Hall–Kier alpha value is -1.39. The smallest absolute Gasteiger partial charge is 0.225 e. The average Bonchev–Trinajstić information content (AvgIpc) is 2.36. The van der Waals surface area contributed by atoms with Crippen LogP contribution in [0.15, 0.2) is 24.3 Å². The van der Waals surface area contributed by atoms with E-state index in [-0.39, 0.29) is 18.6 Å². The molecule has 1 rings (SSSR count). The van der Waals surface area contributed by atoms with Crippen LogP contribution in [0.5, 0.6) is 0 Å². The largest absolute Gasteiger partial charge is 0.396 e. The molecule has 0 saturated heterocycles. The molecule has 0 radical (unpaired) electrons. The first-order valence-corrected chi connectivity index (χ1v) is 6.78. The lowest BCUT2D eigenvalue weighted by molar-refractivity contribution is -0.116. The van der Waals surface area contributed by atoms with E-state index in [1.54, 1.807) is 0 Å². The van der Waals surface area contributed by atoms with Crippen molar-refractivity contribution in [3.8, 4) is 0 Å². The fraction of sp³-hybridized carbons (Fsp3) is 0.533. The molecule has 1 amide bonds. The van der Waals surface area contributed by atoms with E-state index in [1.165, 1.54) is 0 Å². The molecular formula is C15H24N2O2. The molecule has 0 saturated carbocycles. The van der Waals surface area contributed by atoms with Crippen LogP contribution in [0.3, 0.4) is 0 Å². The van der Waals surface area contributed by atoms with Gasteiger partial charge in [0.05, 0.1) is 0 Å². The second kappa shape index (κ2) is 7.92. The van der Waals surface area contributed by atoms with Gasteiger partial charge >= 0.3 is 0 Å². The lowest BCUT2D eigenvalue weighted by Gasteiger charge is -2.15. The van der Waals surface area contributed by atoms with Crippen LogP contribution in [0.4, 0.5) is 5.69 Å². The topological polar surface area (TPSA) is 75.4 Å². The maximum atomic E-state index is 11.8. The van der Waals surface area contributed by atoms with Gasteiger partial charge in [0.15, 0.2) is 0 Å². The molecule has 4 heteroatoms. The van der Waals surface area contributed by atoms with E-state index in [1.807, 2.05) is 38.1 Å². The molecule has 0 bridgehead atoms. The van der Waals surface area contributed by atoms with Crippen LogP contribution < -0.4 is 11.1 Å². The van der Waals surface area contributed by atoms with Crippen molar-refractivity contribution in [2.45, 2.75) is 39.2 Å². The Labute approximate surface area is 115 Å². The highest BCUT2D eigenvalue weighted by Crippen LogP contribution is 2.13. The number of aryl methyl sites for hydroxylation is 1. The van der Waals surface area contributed by atoms with Gasteiger partial charge in [0.1, 0.15) is 0 Å². The number of amides is 1. The molecule has 0 aliphatic carbocycles. The first kappa shape index (κ1) is 15.7. The molecule has 4 N–H and O–H groups in total. The van der Waals surface area contributed by atoms with Crippen LogP contribution in [0.2, 0.25) is 0 Å². The van der Waals surface area contributed by atoms with Gasteiger partial charge in [-0.25, -0.2) is 0 Å². The first-order chi connectivity index (χ1) is 9.02. The van der Waals surface area contributed by atoms with Crippen molar-refractivity contribution in [3.05, 3.63) is 29.8 Å². The highest BCUT2D eigenvalue weighted by molar-refractivity contribution is 5.91. The normalized spacial score (nSPS) is 12.5. The average molecular weight is 264 g/mol. The van der Waals surface area contributed by atoms with Crippen molar-refractivity contribution in [1.82, 2.24) is 0 Å². The van der Waals surface area contributed by atoms with Gasteiger partial charge in [-0.1, -0.05) is 26.0 Å².